The van der Waals surface area contributed by atoms with Crippen LogP contribution in [0.2, 0.25) is 0 Å². The smallest absolute Gasteiger partial charge is 0.316 e. The number of ether oxygens (including phenoxy) is 1. The van der Waals surface area contributed by atoms with Crippen LogP contribution in [-0.2, 0) is 16.0 Å². The van der Waals surface area contributed by atoms with Crippen molar-refractivity contribution in [3.05, 3.63) is 71.1 Å². The summed E-state index contributed by atoms with van der Waals surface area (Å²) in [6.45, 7) is 4.71. The second kappa shape index (κ2) is 11.3. The molecule has 0 saturated carbocycles. The Hall–Kier alpha value is -3.43. The lowest BCUT2D eigenvalue weighted by Gasteiger charge is -2.35. The quantitative estimate of drug-likeness (QED) is 0.185. The summed E-state index contributed by atoms with van der Waals surface area (Å²) in [5.74, 6) is 0.774. The number of thiophene rings is 1. The van der Waals surface area contributed by atoms with E-state index in [9.17, 15) is 9.59 Å². The van der Waals surface area contributed by atoms with Crippen molar-refractivity contribution in [2.45, 2.75) is 18.5 Å². The molecule has 190 valence electrons. The van der Waals surface area contributed by atoms with Crippen LogP contribution in [0, 0.1) is 0 Å². The third-order valence-corrected chi connectivity index (χ3v) is 8.40. The average molecular weight is 533 g/mol. The van der Waals surface area contributed by atoms with Gasteiger partial charge in [0, 0.05) is 36.6 Å². The monoisotopic (exact) mass is 532 g/mol. The van der Waals surface area contributed by atoms with E-state index < -0.39 is 0 Å². The number of aryl methyl sites for hydroxylation is 1. The summed E-state index contributed by atoms with van der Waals surface area (Å²) >= 11 is 2.94. The molecule has 7 nitrogen and oxygen atoms in total. The van der Waals surface area contributed by atoms with E-state index in [0.717, 1.165) is 33.6 Å². The summed E-state index contributed by atoms with van der Waals surface area (Å²) in [6, 6.07) is 20.1. The van der Waals surface area contributed by atoms with E-state index in [1.807, 2.05) is 47.4 Å². The Morgan fingerprint density at radius 3 is 2.35 bits per heavy atom. The summed E-state index contributed by atoms with van der Waals surface area (Å²) in [6.07, 6.45) is 0.927. The topological polar surface area (TPSA) is 75.6 Å². The van der Waals surface area contributed by atoms with Crippen LogP contribution >= 0.6 is 23.1 Å². The van der Waals surface area contributed by atoms with Gasteiger partial charge < -0.3 is 14.5 Å². The highest BCUT2D eigenvalue weighted by atomic mass is 32.2. The second-order valence-corrected chi connectivity index (χ2v) is 10.8. The highest BCUT2D eigenvalue weighted by Crippen LogP contribution is 2.34. The van der Waals surface area contributed by atoms with Crippen LogP contribution in [0.1, 0.15) is 22.2 Å². The first-order valence-electron chi connectivity index (χ1n) is 12.3. The molecule has 1 saturated heterocycles. The van der Waals surface area contributed by atoms with Crippen LogP contribution in [0.15, 0.2) is 65.8 Å². The van der Waals surface area contributed by atoms with Gasteiger partial charge in [0.15, 0.2) is 5.16 Å². The van der Waals surface area contributed by atoms with Crippen LogP contribution in [0.3, 0.4) is 0 Å². The van der Waals surface area contributed by atoms with Crippen LogP contribution in [0.5, 0.6) is 0 Å². The molecule has 1 aliphatic heterocycles. The van der Waals surface area contributed by atoms with Gasteiger partial charge in [-0.15, -0.1) is 11.3 Å². The van der Waals surface area contributed by atoms with Gasteiger partial charge in [-0.25, -0.2) is 9.97 Å². The predicted molar refractivity (Wildman–Crippen MR) is 150 cm³/mol. The first-order chi connectivity index (χ1) is 18.1. The fraction of sp³-hybridized carbons (Fsp3) is 0.286. The molecular formula is C28H28N4O3S2. The van der Waals surface area contributed by atoms with Crippen molar-refractivity contribution in [3.63, 3.8) is 0 Å². The molecule has 0 radical (unpaired) electrons. The number of carbonyl (C=O) groups is 2. The Labute approximate surface area is 224 Å². The molecule has 1 fully saturated rings. The zero-order chi connectivity index (χ0) is 25.8. The number of amides is 1. The van der Waals surface area contributed by atoms with E-state index in [1.165, 1.54) is 23.7 Å². The molecule has 3 heterocycles. The molecule has 0 bridgehead atoms. The minimum absolute atomic E-state index is 0.0465. The van der Waals surface area contributed by atoms with Gasteiger partial charge in [-0.2, -0.15) is 0 Å². The van der Waals surface area contributed by atoms with E-state index in [4.69, 9.17) is 9.72 Å². The lowest BCUT2D eigenvalue weighted by atomic mass is 10.0. The summed E-state index contributed by atoms with van der Waals surface area (Å²) in [5.41, 5.74) is 2.93. The number of piperazine rings is 1. The van der Waals surface area contributed by atoms with Gasteiger partial charge in [-0.1, -0.05) is 61.2 Å². The fourth-order valence-corrected chi connectivity index (χ4v) is 6.03. The number of hydrogen-bond acceptors (Lipinski definition) is 8. The average Bonchev–Trinajstić information content (AvgIpc) is 3.39. The number of benzene rings is 2. The third kappa shape index (κ3) is 5.62. The second-order valence-electron chi connectivity index (χ2n) is 8.70. The van der Waals surface area contributed by atoms with Gasteiger partial charge >= 0.3 is 5.97 Å². The lowest BCUT2D eigenvalue weighted by Crippen LogP contribution is -2.49. The SMILES string of the molecule is CCc1cc2c(N3CCN(C(=O)c4ccc(-c5ccccc5)cc4)CC3)nc(SCC(=O)OC)nc2s1. The Balaban J connectivity index is 1.30. The molecule has 9 heteroatoms. The summed E-state index contributed by atoms with van der Waals surface area (Å²) in [4.78, 5) is 40.7. The Morgan fingerprint density at radius 2 is 1.68 bits per heavy atom. The molecular weight excluding hydrogens is 504 g/mol. The maximum atomic E-state index is 13.2. The van der Waals surface area contributed by atoms with Gasteiger partial charge in [-0.3, -0.25) is 9.59 Å². The van der Waals surface area contributed by atoms with E-state index in [-0.39, 0.29) is 17.6 Å². The molecule has 2 aromatic carbocycles. The Bertz CT molecular complexity index is 1400. The van der Waals surface area contributed by atoms with Crippen molar-refractivity contribution in [1.82, 2.24) is 14.9 Å². The summed E-state index contributed by atoms with van der Waals surface area (Å²) in [5, 5.41) is 1.59. The van der Waals surface area contributed by atoms with E-state index in [1.54, 1.807) is 11.3 Å². The maximum Gasteiger partial charge on any atom is 0.316 e. The molecule has 1 amide bonds. The van der Waals surface area contributed by atoms with Crippen molar-refractivity contribution >= 4 is 51.0 Å². The normalized spacial score (nSPS) is 13.7. The van der Waals surface area contributed by atoms with Crippen LogP contribution in [0.4, 0.5) is 5.82 Å². The number of carbonyl (C=O) groups excluding carboxylic acids is 2. The van der Waals surface area contributed by atoms with Crippen LogP contribution < -0.4 is 4.90 Å². The van der Waals surface area contributed by atoms with Crippen molar-refractivity contribution in [1.29, 1.82) is 0 Å². The molecule has 1 aliphatic rings. The van der Waals surface area contributed by atoms with Gasteiger partial charge in [-0.05, 0) is 35.7 Å². The number of fused-ring (bicyclic) bond motifs is 1. The number of nitrogens with zero attached hydrogens (tertiary/aromatic N) is 4. The molecule has 4 aromatic rings. The lowest BCUT2D eigenvalue weighted by molar-refractivity contribution is -0.137. The highest BCUT2D eigenvalue weighted by Gasteiger charge is 2.25. The minimum Gasteiger partial charge on any atom is -0.468 e. The van der Waals surface area contributed by atoms with Crippen molar-refractivity contribution in [2.75, 3.05) is 43.9 Å². The highest BCUT2D eigenvalue weighted by molar-refractivity contribution is 7.99. The summed E-state index contributed by atoms with van der Waals surface area (Å²) < 4.78 is 4.77. The van der Waals surface area contributed by atoms with Gasteiger partial charge in [0.05, 0.1) is 18.2 Å². The van der Waals surface area contributed by atoms with Crippen molar-refractivity contribution in [3.8, 4) is 11.1 Å². The third-order valence-electron chi connectivity index (χ3n) is 6.40. The number of anilines is 1. The molecule has 0 spiro atoms. The van der Waals surface area contributed by atoms with Gasteiger partial charge in [0.1, 0.15) is 10.6 Å². The Morgan fingerprint density at radius 1 is 0.973 bits per heavy atom. The molecule has 0 N–H and O–H groups in total. The predicted octanol–water partition coefficient (Wildman–Crippen LogP) is 5.15. The molecule has 0 aliphatic carbocycles. The number of hydrogen-bond donors (Lipinski definition) is 0. The molecule has 0 atom stereocenters. The largest absolute Gasteiger partial charge is 0.468 e. The maximum absolute atomic E-state index is 13.2. The zero-order valence-electron chi connectivity index (χ0n) is 20.8. The molecule has 0 unspecified atom stereocenters. The first-order valence-corrected chi connectivity index (χ1v) is 14.1. The van der Waals surface area contributed by atoms with Crippen LogP contribution in [-0.4, -0.2) is 65.8 Å². The molecule has 2 aromatic heterocycles. The molecule has 37 heavy (non-hydrogen) atoms. The standard InChI is InChI=1S/C28H28N4O3S2/c1-3-22-17-23-25(29-28(30-26(23)37-22)36-18-24(33)35-2)31-13-15-32(16-14-31)27(34)21-11-9-20(10-12-21)19-7-5-4-6-8-19/h4-12,17H,3,13-16,18H2,1-2H3. The molecule has 5 rings (SSSR count). The van der Waals surface area contributed by atoms with E-state index in [2.05, 4.69) is 35.0 Å². The Kier molecular flexibility index (Phi) is 7.71. The van der Waals surface area contributed by atoms with Gasteiger partial charge in [0.25, 0.3) is 5.91 Å². The van der Waals surface area contributed by atoms with E-state index >= 15 is 0 Å². The summed E-state index contributed by atoms with van der Waals surface area (Å²) in [7, 11) is 1.38. The first kappa shape index (κ1) is 25.2. The number of thioether (sulfide) groups is 1. The number of esters is 1. The minimum atomic E-state index is -0.306. The van der Waals surface area contributed by atoms with Crippen molar-refractivity contribution < 1.29 is 14.3 Å². The van der Waals surface area contributed by atoms with Gasteiger partial charge in [0.2, 0.25) is 0 Å². The van der Waals surface area contributed by atoms with Crippen LogP contribution in [0.25, 0.3) is 21.3 Å². The van der Waals surface area contributed by atoms with Crippen molar-refractivity contribution in [2.24, 2.45) is 0 Å². The number of methoxy groups -OCH3 is 1. The van der Waals surface area contributed by atoms with E-state index in [0.29, 0.717) is 36.9 Å². The number of rotatable bonds is 7. The number of aromatic nitrogens is 2. The zero-order valence-corrected chi connectivity index (χ0v) is 22.5. The fourth-order valence-electron chi connectivity index (χ4n) is 4.34.